The van der Waals surface area contributed by atoms with Crippen LogP contribution in [0.3, 0.4) is 0 Å². The maximum Gasteiger partial charge on any atom is 0.416 e. The number of hydrogen-bond acceptors (Lipinski definition) is 10. The number of aliphatic hydroxyl groups is 3. The molecule has 2 amide bonds. The van der Waals surface area contributed by atoms with Gasteiger partial charge in [-0.2, -0.15) is 36.3 Å². The highest BCUT2D eigenvalue weighted by Crippen LogP contribution is 2.34. The molecule has 0 unspecified atom stereocenters. The van der Waals surface area contributed by atoms with Gasteiger partial charge in [0.15, 0.2) is 9.60 Å². The van der Waals surface area contributed by atoms with Crippen LogP contribution >= 0.6 is 22.7 Å². The van der Waals surface area contributed by atoms with Crippen LogP contribution < -0.4 is 14.3 Å². The van der Waals surface area contributed by atoms with Crippen LogP contribution in [0.1, 0.15) is 99.1 Å². The van der Waals surface area contributed by atoms with E-state index in [0.717, 1.165) is 66.3 Å². The number of rotatable bonds is 12. The van der Waals surface area contributed by atoms with Gasteiger partial charge in [0, 0.05) is 25.5 Å². The molecule has 0 radical (unpaired) electrons. The van der Waals surface area contributed by atoms with E-state index in [0.29, 0.717) is 45.8 Å². The predicted octanol–water partition coefficient (Wildman–Crippen LogP) is 9.35. The number of amides is 2. The van der Waals surface area contributed by atoms with Crippen molar-refractivity contribution < 1.29 is 60.4 Å². The lowest BCUT2D eigenvalue weighted by Crippen LogP contribution is -2.28. The average molecular weight is 955 g/mol. The Hall–Kier alpha value is -5.35. The monoisotopic (exact) mass is 954 g/mol. The minimum atomic E-state index is -4.68. The Morgan fingerprint density at radius 3 is 1.54 bits per heavy atom. The fraction of sp³-hybridized carbons (Fsp3) is 0.409. The van der Waals surface area contributed by atoms with E-state index in [1.807, 2.05) is 30.5 Å². The Labute approximate surface area is 377 Å². The number of carbonyl (C=O) groups is 2. The summed E-state index contributed by atoms with van der Waals surface area (Å²) in [5.41, 5.74) is -3.68. The average Bonchev–Trinajstić information content (AvgIpc) is 3.76. The second-order valence-electron chi connectivity index (χ2n) is 15.7. The van der Waals surface area contributed by atoms with Gasteiger partial charge < -0.3 is 29.2 Å². The number of fused-ring (bicyclic) bond motifs is 2. The van der Waals surface area contributed by atoms with E-state index in [1.54, 1.807) is 42.9 Å². The summed E-state index contributed by atoms with van der Waals surface area (Å²) in [7, 11) is 0. The minimum Gasteiger partial charge on any atom is -0.490 e. The van der Waals surface area contributed by atoms with Crippen LogP contribution in [0, 0.1) is 5.82 Å². The number of unbranched alkanes of at least 4 members (excludes halogenated alkanes) is 2. The third-order valence-corrected chi connectivity index (χ3v) is 10.8. The molecule has 2 aromatic carbocycles. The first-order valence-corrected chi connectivity index (χ1v) is 21.8. The normalized spacial score (nSPS) is 12.8. The van der Waals surface area contributed by atoms with E-state index in [-0.39, 0.29) is 29.3 Å². The van der Waals surface area contributed by atoms with Crippen LogP contribution in [0.2, 0.25) is 0 Å². The fourth-order valence-electron chi connectivity index (χ4n) is 5.47. The minimum absolute atomic E-state index is 0.0757. The zero-order valence-corrected chi connectivity index (χ0v) is 37.9. The largest absolute Gasteiger partial charge is 0.490 e. The van der Waals surface area contributed by atoms with Gasteiger partial charge in [-0.25, -0.2) is 14.4 Å². The molecule has 0 fully saturated rings. The first kappa shape index (κ1) is 52.3. The summed E-state index contributed by atoms with van der Waals surface area (Å²) in [6.45, 7) is 10.9. The number of halogens is 7. The topological polar surface area (TPSA) is 164 Å². The van der Waals surface area contributed by atoms with Gasteiger partial charge in [-0.3, -0.25) is 9.59 Å². The Balaban J connectivity index is 0.000000255. The number of alkyl halides is 6. The molecule has 6 rings (SSSR count). The number of thiazole rings is 2. The van der Waals surface area contributed by atoms with Gasteiger partial charge in [0.2, 0.25) is 0 Å². The number of hydrogen-bond donors (Lipinski definition) is 3. The van der Waals surface area contributed by atoms with Gasteiger partial charge in [-0.1, -0.05) is 49.4 Å². The lowest BCUT2D eigenvalue weighted by Gasteiger charge is -2.19. The summed E-state index contributed by atoms with van der Waals surface area (Å²) in [6.07, 6.45) is -2.60. The number of aromatic nitrogens is 4. The molecule has 4 aromatic heterocycles. The zero-order valence-electron chi connectivity index (χ0n) is 36.3. The van der Waals surface area contributed by atoms with E-state index in [9.17, 15) is 45.4 Å². The van der Waals surface area contributed by atoms with E-state index >= 15 is 0 Å². The van der Waals surface area contributed by atoms with Crippen molar-refractivity contribution in [3.05, 3.63) is 111 Å². The molecule has 0 saturated carbocycles. The van der Waals surface area contributed by atoms with Gasteiger partial charge in [0.25, 0.3) is 11.8 Å². The summed E-state index contributed by atoms with van der Waals surface area (Å²) in [4.78, 5) is 44.0. The molecule has 0 aliphatic carbocycles. The van der Waals surface area contributed by atoms with Crippen molar-refractivity contribution in [1.82, 2.24) is 19.1 Å². The van der Waals surface area contributed by atoms with Crippen molar-refractivity contribution in [2.75, 3.05) is 13.2 Å². The molecule has 0 saturated heterocycles. The standard InChI is InChI=1S/C22H24F3N3O3S.C18H15F4N3OS.C4H10O2/c1-4-5-11-28-16-7-6-10-26-19(16)32-20(28)27-18(29)15-12-14(22(23,24)25)8-9-17(15)31-13-21(2,3)30;1-2-3-9-25-14-5-4-8-23-16(14)27-17(25)24-15(26)12-10-11(18(20,21)22)6-7-13(12)19;1-4(2,6)3-5/h6-10,12,30H,4-5,11,13H2,1-3H3;4-8,10H,2-3,9H2,1H3;5-6H,3H2,1-2H3. The van der Waals surface area contributed by atoms with E-state index in [1.165, 1.54) is 25.2 Å². The van der Waals surface area contributed by atoms with Crippen molar-refractivity contribution in [1.29, 1.82) is 0 Å². The molecule has 0 aliphatic rings. The number of ether oxygens (including phenoxy) is 1. The molecule has 0 spiro atoms. The lowest BCUT2D eigenvalue weighted by atomic mass is 10.1. The Morgan fingerprint density at radius 2 is 1.12 bits per heavy atom. The van der Waals surface area contributed by atoms with Crippen LogP contribution in [0.4, 0.5) is 30.7 Å². The smallest absolute Gasteiger partial charge is 0.416 e. The van der Waals surface area contributed by atoms with E-state index in [2.05, 4.69) is 20.0 Å². The number of carbonyl (C=O) groups excluding carboxylic acids is 2. The molecule has 0 bridgehead atoms. The highest BCUT2D eigenvalue weighted by molar-refractivity contribution is 7.16. The molecule has 352 valence electrons. The summed E-state index contributed by atoms with van der Waals surface area (Å²) in [6, 6.07) is 11.6. The van der Waals surface area contributed by atoms with Gasteiger partial charge in [-0.15, -0.1) is 0 Å². The number of nitrogens with zero attached hydrogens (tertiary/aromatic N) is 6. The number of aliphatic hydroxyl groups excluding tert-OH is 1. The van der Waals surface area contributed by atoms with Crippen molar-refractivity contribution in [2.45, 2.75) is 104 Å². The molecule has 12 nitrogen and oxygen atoms in total. The Bertz CT molecular complexity index is 2710. The molecular formula is C44H49F7N6O6S2. The summed E-state index contributed by atoms with van der Waals surface area (Å²) >= 11 is 2.32. The van der Waals surface area contributed by atoms with Crippen molar-refractivity contribution in [3.63, 3.8) is 0 Å². The van der Waals surface area contributed by atoms with Gasteiger partial charge in [0.05, 0.1) is 51.1 Å². The van der Waals surface area contributed by atoms with Crippen LogP contribution in [-0.2, 0) is 25.4 Å². The maximum absolute atomic E-state index is 14.0. The van der Waals surface area contributed by atoms with Crippen LogP contribution in [0.5, 0.6) is 5.75 Å². The molecular weight excluding hydrogens is 906 g/mol. The first-order valence-electron chi connectivity index (χ1n) is 20.2. The summed E-state index contributed by atoms with van der Waals surface area (Å²) < 4.78 is 101. The molecule has 0 atom stereocenters. The highest BCUT2D eigenvalue weighted by atomic mass is 32.1. The van der Waals surface area contributed by atoms with Crippen molar-refractivity contribution in [2.24, 2.45) is 9.98 Å². The zero-order chi connectivity index (χ0) is 48.3. The van der Waals surface area contributed by atoms with Crippen molar-refractivity contribution in [3.8, 4) is 5.75 Å². The molecule has 3 N–H and O–H groups in total. The summed E-state index contributed by atoms with van der Waals surface area (Å²) in [5, 5.41) is 26.6. The van der Waals surface area contributed by atoms with E-state index in [4.69, 9.17) is 14.9 Å². The number of aryl methyl sites for hydroxylation is 2. The van der Waals surface area contributed by atoms with E-state index < -0.39 is 57.9 Å². The number of benzene rings is 2. The van der Waals surface area contributed by atoms with Gasteiger partial charge in [0.1, 0.15) is 27.8 Å². The Kier molecular flexibility index (Phi) is 17.9. The van der Waals surface area contributed by atoms with Crippen LogP contribution in [0.25, 0.3) is 20.7 Å². The van der Waals surface area contributed by atoms with Crippen molar-refractivity contribution >= 4 is 55.2 Å². The summed E-state index contributed by atoms with van der Waals surface area (Å²) in [5.74, 6) is -3.04. The number of pyridine rings is 2. The Morgan fingerprint density at radius 1 is 0.692 bits per heavy atom. The van der Waals surface area contributed by atoms with Gasteiger partial charge >= 0.3 is 12.4 Å². The lowest BCUT2D eigenvalue weighted by molar-refractivity contribution is -0.138. The second-order valence-corrected chi connectivity index (χ2v) is 17.7. The molecule has 21 heteroatoms. The predicted molar refractivity (Wildman–Crippen MR) is 233 cm³/mol. The second kappa shape index (κ2) is 22.2. The van der Waals surface area contributed by atoms with Crippen LogP contribution in [0.15, 0.2) is 83.0 Å². The molecule has 65 heavy (non-hydrogen) atoms. The third kappa shape index (κ3) is 15.1. The fourth-order valence-corrected chi connectivity index (χ4v) is 7.46. The van der Waals surface area contributed by atoms with Crippen LogP contribution in [-0.4, -0.2) is 70.7 Å². The first-order chi connectivity index (χ1) is 30.4. The molecule has 4 heterocycles. The third-order valence-electron chi connectivity index (χ3n) is 8.82. The quantitative estimate of drug-likeness (QED) is 0.102. The van der Waals surface area contributed by atoms with Gasteiger partial charge in [-0.05, 0) is 101 Å². The maximum atomic E-state index is 14.0. The highest BCUT2D eigenvalue weighted by Gasteiger charge is 2.33. The SMILES string of the molecule is CC(C)(O)CO.CCCCn1c(=NC(=O)c2cc(C(F)(F)F)ccc2F)sc2ncccc21.CCCCn1c(=NC(=O)c2cc(C(F)(F)F)ccc2OCC(C)(C)O)sc2ncccc21. The molecule has 0 aliphatic heterocycles. The molecule has 6 aromatic rings.